The summed E-state index contributed by atoms with van der Waals surface area (Å²) < 4.78 is 6.01. The second-order valence-corrected chi connectivity index (χ2v) is 9.36. The lowest BCUT2D eigenvalue weighted by Gasteiger charge is -2.33. The van der Waals surface area contributed by atoms with E-state index in [1.54, 1.807) is 29.7 Å². The van der Waals surface area contributed by atoms with Gasteiger partial charge in [0.15, 0.2) is 0 Å². The van der Waals surface area contributed by atoms with Gasteiger partial charge in [-0.25, -0.2) is 5.48 Å². The zero-order valence-electron chi connectivity index (χ0n) is 20.2. The molecule has 1 saturated heterocycles. The van der Waals surface area contributed by atoms with Gasteiger partial charge in [-0.15, -0.1) is 0 Å². The Morgan fingerprint density at radius 3 is 2.66 bits per heavy atom. The number of rotatable bonds is 7. The summed E-state index contributed by atoms with van der Waals surface area (Å²) in [6.07, 6.45) is 2.18. The highest BCUT2D eigenvalue weighted by Gasteiger charge is 2.36. The molecule has 1 atom stereocenters. The Balaban J connectivity index is 1.44. The molecular formula is C27H32N4O4. The number of para-hydroxylation sites is 1. The first-order valence-electron chi connectivity index (χ1n) is 11.9. The molecular weight excluding hydrogens is 444 g/mol. The number of amides is 2. The molecule has 2 aromatic carbocycles. The van der Waals surface area contributed by atoms with Crippen molar-refractivity contribution in [1.29, 1.82) is 0 Å². The summed E-state index contributed by atoms with van der Waals surface area (Å²) in [5.41, 5.74) is 4.42. The second-order valence-electron chi connectivity index (χ2n) is 9.36. The number of nitrogens with zero attached hydrogens (tertiary/aromatic N) is 2. The third-order valence-corrected chi connectivity index (χ3v) is 6.61. The molecule has 8 nitrogen and oxygen atoms in total. The Bertz CT molecular complexity index is 1200. The van der Waals surface area contributed by atoms with Gasteiger partial charge in [-0.3, -0.25) is 19.8 Å². The number of ether oxygens (including phenoxy) is 1. The molecule has 2 heterocycles. The summed E-state index contributed by atoms with van der Waals surface area (Å²) in [4.78, 5) is 31.8. The van der Waals surface area contributed by atoms with Crippen LogP contribution in [0.1, 0.15) is 47.3 Å². The molecule has 1 fully saturated rings. The summed E-state index contributed by atoms with van der Waals surface area (Å²) in [5, 5.41) is 13.2. The van der Waals surface area contributed by atoms with E-state index < -0.39 is 11.4 Å². The predicted molar refractivity (Wildman–Crippen MR) is 133 cm³/mol. The van der Waals surface area contributed by atoms with Gasteiger partial charge in [-0.2, -0.15) is 0 Å². The van der Waals surface area contributed by atoms with Crippen molar-refractivity contribution >= 4 is 22.7 Å². The number of hydrogen-bond donors (Lipinski definition) is 3. The standard InChI is InChI=1S/C27H32N4O4/c1-19-16-21(23-6-3-4-7-24(23)28-19)18-35-22-10-8-20(9-11-22)26(33)29-27(17-25(32)30-34)12-5-14-31(2)15-13-27/h3-4,6-11,16,34H,5,12-15,17-18H2,1-2H3,(H,29,33)(H,30,32). The molecule has 3 aromatic rings. The van der Waals surface area contributed by atoms with Crippen LogP contribution in [0.15, 0.2) is 54.6 Å². The van der Waals surface area contributed by atoms with E-state index in [1.807, 2.05) is 44.3 Å². The average molecular weight is 477 g/mol. The largest absolute Gasteiger partial charge is 0.489 e. The lowest BCUT2D eigenvalue weighted by Crippen LogP contribution is -2.51. The van der Waals surface area contributed by atoms with Crippen LogP contribution in [0.3, 0.4) is 0 Å². The van der Waals surface area contributed by atoms with Crippen LogP contribution in [0.2, 0.25) is 0 Å². The molecule has 8 heteroatoms. The Labute approximate surface area is 205 Å². The van der Waals surface area contributed by atoms with E-state index in [9.17, 15) is 9.59 Å². The average Bonchev–Trinajstić information content (AvgIpc) is 3.03. The molecule has 0 saturated carbocycles. The minimum absolute atomic E-state index is 0.0313. The van der Waals surface area contributed by atoms with E-state index >= 15 is 0 Å². The van der Waals surface area contributed by atoms with E-state index in [2.05, 4.69) is 15.2 Å². The molecule has 4 rings (SSSR count). The minimum atomic E-state index is -0.704. The predicted octanol–water partition coefficient (Wildman–Crippen LogP) is 3.60. The maximum Gasteiger partial charge on any atom is 0.251 e. The van der Waals surface area contributed by atoms with Crippen LogP contribution >= 0.6 is 0 Å². The second kappa shape index (κ2) is 10.8. The minimum Gasteiger partial charge on any atom is -0.489 e. The number of aromatic nitrogens is 1. The highest BCUT2D eigenvalue weighted by Crippen LogP contribution is 2.27. The summed E-state index contributed by atoms with van der Waals surface area (Å²) in [7, 11) is 2.03. The van der Waals surface area contributed by atoms with Gasteiger partial charge in [0.05, 0.1) is 17.5 Å². The number of nitrogens with one attached hydrogen (secondary N) is 2. The smallest absolute Gasteiger partial charge is 0.251 e. The fourth-order valence-corrected chi connectivity index (χ4v) is 4.71. The molecule has 3 N–H and O–H groups in total. The van der Waals surface area contributed by atoms with E-state index in [1.165, 1.54) is 0 Å². The first-order valence-corrected chi connectivity index (χ1v) is 11.9. The number of carbonyl (C=O) groups is 2. The van der Waals surface area contributed by atoms with E-state index in [-0.39, 0.29) is 12.3 Å². The maximum atomic E-state index is 13.1. The first kappa shape index (κ1) is 24.6. The van der Waals surface area contributed by atoms with Crippen LogP contribution < -0.4 is 15.5 Å². The van der Waals surface area contributed by atoms with Crippen LogP contribution in [0.4, 0.5) is 0 Å². The fourth-order valence-electron chi connectivity index (χ4n) is 4.71. The molecule has 1 aromatic heterocycles. The number of likely N-dealkylation sites (tertiary alicyclic amines) is 1. The van der Waals surface area contributed by atoms with Crippen molar-refractivity contribution in [2.75, 3.05) is 20.1 Å². The SMILES string of the molecule is Cc1cc(COc2ccc(C(=O)NC3(CC(=O)NO)CCCN(C)CC3)cc2)c2ccccc2n1. The number of pyridine rings is 1. The number of hydrogen-bond acceptors (Lipinski definition) is 6. The zero-order valence-corrected chi connectivity index (χ0v) is 20.2. The lowest BCUT2D eigenvalue weighted by molar-refractivity contribution is -0.130. The lowest BCUT2D eigenvalue weighted by atomic mass is 9.86. The summed E-state index contributed by atoms with van der Waals surface area (Å²) in [5.74, 6) is -0.0920. The van der Waals surface area contributed by atoms with Crippen LogP contribution in [-0.4, -0.2) is 52.6 Å². The first-order chi connectivity index (χ1) is 16.9. The maximum absolute atomic E-state index is 13.1. The highest BCUT2D eigenvalue weighted by atomic mass is 16.5. The summed E-state index contributed by atoms with van der Waals surface area (Å²) in [6.45, 7) is 4.01. The van der Waals surface area contributed by atoms with Crippen LogP contribution in [0.25, 0.3) is 10.9 Å². The van der Waals surface area contributed by atoms with Gasteiger partial charge in [0.2, 0.25) is 5.91 Å². The van der Waals surface area contributed by atoms with E-state index in [0.29, 0.717) is 30.8 Å². The molecule has 0 spiro atoms. The highest BCUT2D eigenvalue weighted by molar-refractivity contribution is 5.95. The zero-order chi connectivity index (χ0) is 24.8. The molecule has 0 aliphatic carbocycles. The van der Waals surface area contributed by atoms with E-state index in [4.69, 9.17) is 9.94 Å². The Morgan fingerprint density at radius 2 is 1.89 bits per heavy atom. The third-order valence-electron chi connectivity index (χ3n) is 6.61. The number of benzene rings is 2. The molecule has 2 amide bonds. The summed E-state index contributed by atoms with van der Waals surface area (Å²) in [6, 6.07) is 17.0. The van der Waals surface area contributed by atoms with Crippen molar-refractivity contribution < 1.29 is 19.5 Å². The number of fused-ring (bicyclic) bond motifs is 1. The molecule has 1 aliphatic heterocycles. The number of aryl methyl sites for hydroxylation is 1. The van der Waals surface area contributed by atoms with E-state index in [0.717, 1.165) is 41.7 Å². The Kier molecular flexibility index (Phi) is 7.63. The molecule has 0 bridgehead atoms. The topological polar surface area (TPSA) is 104 Å². The Morgan fingerprint density at radius 1 is 1.11 bits per heavy atom. The van der Waals surface area contributed by atoms with Gasteiger partial charge < -0.3 is 15.0 Å². The van der Waals surface area contributed by atoms with Crippen molar-refractivity contribution in [3.05, 3.63) is 71.4 Å². The van der Waals surface area contributed by atoms with Gasteiger partial charge in [-0.1, -0.05) is 18.2 Å². The van der Waals surface area contributed by atoms with Crippen LogP contribution in [-0.2, 0) is 11.4 Å². The monoisotopic (exact) mass is 476 g/mol. The number of carbonyl (C=O) groups excluding carboxylic acids is 2. The Hall–Kier alpha value is -3.49. The van der Waals surface area contributed by atoms with Gasteiger partial charge in [-0.05, 0) is 76.2 Å². The third kappa shape index (κ3) is 6.15. The van der Waals surface area contributed by atoms with Gasteiger partial charge >= 0.3 is 0 Å². The molecule has 35 heavy (non-hydrogen) atoms. The van der Waals surface area contributed by atoms with Crippen molar-refractivity contribution in [3.63, 3.8) is 0 Å². The number of hydroxylamine groups is 1. The summed E-state index contributed by atoms with van der Waals surface area (Å²) >= 11 is 0. The van der Waals surface area contributed by atoms with Gasteiger partial charge in [0.25, 0.3) is 5.91 Å². The quantitative estimate of drug-likeness (QED) is 0.356. The van der Waals surface area contributed by atoms with Crippen molar-refractivity contribution in [1.82, 2.24) is 20.7 Å². The van der Waals surface area contributed by atoms with Gasteiger partial charge in [0.1, 0.15) is 12.4 Å². The van der Waals surface area contributed by atoms with Crippen molar-refractivity contribution in [3.8, 4) is 5.75 Å². The molecule has 184 valence electrons. The van der Waals surface area contributed by atoms with Gasteiger partial charge in [0, 0.05) is 28.8 Å². The molecule has 1 unspecified atom stereocenters. The fraction of sp³-hybridized carbons (Fsp3) is 0.370. The molecule has 1 aliphatic rings. The van der Waals surface area contributed by atoms with Crippen LogP contribution in [0, 0.1) is 6.92 Å². The van der Waals surface area contributed by atoms with Crippen LogP contribution in [0.5, 0.6) is 5.75 Å². The molecule has 0 radical (unpaired) electrons. The van der Waals surface area contributed by atoms with Crippen molar-refractivity contribution in [2.24, 2.45) is 0 Å². The normalized spacial score (nSPS) is 18.6. The van der Waals surface area contributed by atoms with Crippen molar-refractivity contribution in [2.45, 2.75) is 44.8 Å².